The Bertz CT molecular complexity index is 421. The molecule has 0 spiro atoms. The van der Waals surface area contributed by atoms with Crippen LogP contribution in [0.15, 0.2) is 30.7 Å². The van der Waals surface area contributed by atoms with Gasteiger partial charge in [0.25, 0.3) is 0 Å². The van der Waals surface area contributed by atoms with Gasteiger partial charge in [0, 0.05) is 25.5 Å². The monoisotopic (exact) mass is 230 g/mol. The fourth-order valence-corrected chi connectivity index (χ4v) is 1.35. The zero-order chi connectivity index (χ0) is 12.1. The van der Waals surface area contributed by atoms with Crippen molar-refractivity contribution >= 4 is 0 Å². The van der Waals surface area contributed by atoms with Gasteiger partial charge in [-0.15, -0.1) is 0 Å². The Labute approximate surface area is 99.6 Å². The van der Waals surface area contributed by atoms with Gasteiger partial charge in [0.2, 0.25) is 0 Å². The van der Waals surface area contributed by atoms with E-state index in [0.717, 1.165) is 17.1 Å². The summed E-state index contributed by atoms with van der Waals surface area (Å²) in [6, 6.07) is 3.40. The predicted octanol–water partition coefficient (Wildman–Crippen LogP) is 1.18. The molecule has 0 saturated carbocycles. The summed E-state index contributed by atoms with van der Waals surface area (Å²) >= 11 is 0. The Morgan fingerprint density at radius 3 is 2.41 bits per heavy atom. The molecule has 88 valence electrons. The molecule has 0 atom stereocenters. The average Bonchev–Trinajstić information content (AvgIpc) is 2.34. The van der Waals surface area contributed by atoms with Crippen LogP contribution < -0.4 is 5.32 Å². The van der Waals surface area contributed by atoms with E-state index in [4.69, 9.17) is 5.11 Å². The largest absolute Gasteiger partial charge is 0.506 e. The molecule has 2 aromatic heterocycles. The third-order valence-electron chi connectivity index (χ3n) is 2.26. The third kappa shape index (κ3) is 3.49. The van der Waals surface area contributed by atoms with Crippen molar-refractivity contribution in [2.75, 3.05) is 0 Å². The summed E-state index contributed by atoms with van der Waals surface area (Å²) in [5, 5.41) is 12.3. The summed E-state index contributed by atoms with van der Waals surface area (Å²) in [5.74, 6) is 0.179. The first-order chi connectivity index (χ1) is 8.24. The highest BCUT2D eigenvalue weighted by Gasteiger charge is 1.97. The van der Waals surface area contributed by atoms with Crippen molar-refractivity contribution < 1.29 is 5.11 Å². The fraction of sp³-hybridized carbons (Fsp3) is 0.250. The Morgan fingerprint density at radius 1 is 1.00 bits per heavy atom. The normalized spacial score (nSPS) is 10.4. The first kappa shape index (κ1) is 11.5. The van der Waals surface area contributed by atoms with Gasteiger partial charge in [-0.1, -0.05) is 0 Å². The molecule has 5 nitrogen and oxygen atoms in total. The van der Waals surface area contributed by atoms with Crippen LogP contribution in [0.4, 0.5) is 0 Å². The van der Waals surface area contributed by atoms with Crippen molar-refractivity contribution in [1.82, 2.24) is 20.3 Å². The number of nitrogens with zero attached hydrogens (tertiary/aromatic N) is 3. The highest BCUT2D eigenvalue weighted by Crippen LogP contribution is 2.05. The lowest BCUT2D eigenvalue weighted by Gasteiger charge is -2.04. The molecule has 0 aliphatic rings. The molecular weight excluding hydrogens is 216 g/mol. The number of nitrogens with one attached hydrogen (secondary N) is 1. The molecule has 0 radical (unpaired) electrons. The number of aromatic hydroxyl groups is 1. The standard InChI is InChI=1S/C12H14N4O/c1-9-4-15-11(7-14-9)6-13-5-10-2-3-12(17)8-16-10/h2-4,7-8,13,17H,5-6H2,1H3. The van der Waals surface area contributed by atoms with E-state index in [1.165, 1.54) is 6.20 Å². The zero-order valence-corrected chi connectivity index (χ0v) is 9.59. The van der Waals surface area contributed by atoms with Crippen LogP contribution in [0, 0.1) is 6.92 Å². The number of pyridine rings is 1. The van der Waals surface area contributed by atoms with E-state index < -0.39 is 0 Å². The van der Waals surface area contributed by atoms with Crippen LogP contribution in [0.2, 0.25) is 0 Å². The SMILES string of the molecule is Cc1cnc(CNCc2ccc(O)cn2)cn1. The molecule has 2 heterocycles. The van der Waals surface area contributed by atoms with Gasteiger partial charge in [0.05, 0.1) is 23.3 Å². The quantitative estimate of drug-likeness (QED) is 0.825. The average molecular weight is 230 g/mol. The molecule has 2 aromatic rings. The minimum Gasteiger partial charge on any atom is -0.506 e. The van der Waals surface area contributed by atoms with E-state index in [1.54, 1.807) is 24.5 Å². The summed E-state index contributed by atoms with van der Waals surface area (Å²) in [6.07, 6.45) is 4.94. The molecule has 0 aliphatic carbocycles. The van der Waals surface area contributed by atoms with Crippen LogP contribution in [-0.4, -0.2) is 20.1 Å². The van der Waals surface area contributed by atoms with Gasteiger partial charge < -0.3 is 10.4 Å². The summed E-state index contributed by atoms with van der Waals surface area (Å²) in [6.45, 7) is 3.19. The van der Waals surface area contributed by atoms with Crippen molar-refractivity contribution in [3.8, 4) is 5.75 Å². The Hall–Kier alpha value is -2.01. The highest BCUT2D eigenvalue weighted by molar-refractivity contribution is 5.17. The van der Waals surface area contributed by atoms with E-state index in [9.17, 15) is 0 Å². The second kappa shape index (κ2) is 5.36. The van der Waals surface area contributed by atoms with Gasteiger partial charge in [-0.25, -0.2) is 0 Å². The van der Waals surface area contributed by atoms with Crippen molar-refractivity contribution in [2.24, 2.45) is 0 Å². The number of hydrogen-bond acceptors (Lipinski definition) is 5. The van der Waals surface area contributed by atoms with Gasteiger partial charge in [-0.2, -0.15) is 0 Å². The Morgan fingerprint density at radius 2 is 1.76 bits per heavy atom. The van der Waals surface area contributed by atoms with Crippen molar-refractivity contribution in [3.63, 3.8) is 0 Å². The van der Waals surface area contributed by atoms with Crippen LogP contribution in [0.1, 0.15) is 17.1 Å². The molecule has 5 heteroatoms. The third-order valence-corrected chi connectivity index (χ3v) is 2.26. The molecule has 0 fully saturated rings. The molecule has 0 saturated heterocycles. The van der Waals surface area contributed by atoms with Crippen LogP contribution in [0.5, 0.6) is 5.75 Å². The summed E-state index contributed by atoms with van der Waals surface area (Å²) in [4.78, 5) is 12.5. The molecule has 0 aromatic carbocycles. The summed E-state index contributed by atoms with van der Waals surface area (Å²) < 4.78 is 0. The highest BCUT2D eigenvalue weighted by atomic mass is 16.3. The topological polar surface area (TPSA) is 70.9 Å². The predicted molar refractivity (Wildman–Crippen MR) is 63.2 cm³/mol. The molecule has 2 N–H and O–H groups in total. The van der Waals surface area contributed by atoms with Gasteiger partial charge in [0.15, 0.2) is 0 Å². The van der Waals surface area contributed by atoms with E-state index >= 15 is 0 Å². The first-order valence-corrected chi connectivity index (χ1v) is 5.36. The van der Waals surface area contributed by atoms with Crippen molar-refractivity contribution in [1.29, 1.82) is 0 Å². The molecule has 17 heavy (non-hydrogen) atoms. The summed E-state index contributed by atoms with van der Waals surface area (Å²) in [5.41, 5.74) is 2.69. The lowest BCUT2D eigenvalue weighted by molar-refractivity contribution is 0.471. The van der Waals surface area contributed by atoms with Gasteiger partial charge in [-0.3, -0.25) is 15.0 Å². The maximum absolute atomic E-state index is 9.08. The van der Waals surface area contributed by atoms with E-state index in [2.05, 4.69) is 20.3 Å². The van der Waals surface area contributed by atoms with E-state index in [0.29, 0.717) is 13.1 Å². The zero-order valence-electron chi connectivity index (χ0n) is 9.59. The minimum absolute atomic E-state index is 0.179. The second-order valence-electron chi connectivity index (χ2n) is 3.76. The molecule has 0 aliphatic heterocycles. The fourth-order valence-electron chi connectivity index (χ4n) is 1.35. The van der Waals surface area contributed by atoms with E-state index in [1.807, 2.05) is 6.92 Å². The van der Waals surface area contributed by atoms with E-state index in [-0.39, 0.29) is 5.75 Å². The van der Waals surface area contributed by atoms with Crippen LogP contribution in [0.3, 0.4) is 0 Å². The Kier molecular flexibility index (Phi) is 3.62. The smallest absolute Gasteiger partial charge is 0.133 e. The molecule has 0 unspecified atom stereocenters. The first-order valence-electron chi connectivity index (χ1n) is 5.36. The number of aryl methyl sites for hydroxylation is 1. The summed E-state index contributed by atoms with van der Waals surface area (Å²) in [7, 11) is 0. The number of aromatic nitrogens is 3. The maximum Gasteiger partial charge on any atom is 0.133 e. The number of rotatable bonds is 4. The van der Waals surface area contributed by atoms with Crippen molar-refractivity contribution in [3.05, 3.63) is 47.8 Å². The van der Waals surface area contributed by atoms with Crippen LogP contribution in [-0.2, 0) is 13.1 Å². The second-order valence-corrected chi connectivity index (χ2v) is 3.76. The maximum atomic E-state index is 9.08. The molecule has 0 amide bonds. The molecular formula is C12H14N4O. The van der Waals surface area contributed by atoms with Crippen molar-refractivity contribution in [2.45, 2.75) is 20.0 Å². The molecule has 0 bridgehead atoms. The number of hydrogen-bond donors (Lipinski definition) is 2. The van der Waals surface area contributed by atoms with Gasteiger partial charge >= 0.3 is 0 Å². The van der Waals surface area contributed by atoms with Gasteiger partial charge in [0.1, 0.15) is 5.75 Å². The lowest BCUT2D eigenvalue weighted by Crippen LogP contribution is -2.14. The van der Waals surface area contributed by atoms with Crippen LogP contribution >= 0.6 is 0 Å². The minimum atomic E-state index is 0.179. The lowest BCUT2D eigenvalue weighted by atomic mass is 10.3. The van der Waals surface area contributed by atoms with Crippen LogP contribution in [0.25, 0.3) is 0 Å². The van der Waals surface area contributed by atoms with Gasteiger partial charge in [-0.05, 0) is 19.1 Å². The Balaban J connectivity index is 1.83. The molecule has 2 rings (SSSR count).